The maximum atomic E-state index is 12.2. The number of nitrogens with one attached hydrogen (secondary N) is 2. The summed E-state index contributed by atoms with van der Waals surface area (Å²) >= 11 is 0. The van der Waals surface area contributed by atoms with Gasteiger partial charge in [0.2, 0.25) is 0 Å². The molecule has 0 bridgehead atoms. The maximum Gasteiger partial charge on any atom is 0.287 e. The van der Waals surface area contributed by atoms with E-state index in [4.69, 9.17) is 13.9 Å². The zero-order valence-corrected chi connectivity index (χ0v) is 13.0. The fourth-order valence-corrected chi connectivity index (χ4v) is 2.25. The van der Waals surface area contributed by atoms with E-state index in [1.165, 1.54) is 6.26 Å². The number of ether oxygens (including phenoxy) is 2. The lowest BCUT2D eigenvalue weighted by Gasteiger charge is -2.10. The first-order valence-electron chi connectivity index (χ1n) is 7.73. The summed E-state index contributed by atoms with van der Waals surface area (Å²) in [5.41, 5.74) is 0.483. The van der Waals surface area contributed by atoms with Gasteiger partial charge in [0, 0.05) is 25.1 Å². The molecular formula is C17H18N2O5. The Kier molecular flexibility index (Phi) is 5.00. The summed E-state index contributed by atoms with van der Waals surface area (Å²) in [5.74, 6) is 0.910. The lowest BCUT2D eigenvalue weighted by Crippen LogP contribution is -2.34. The highest BCUT2D eigenvalue weighted by Crippen LogP contribution is 2.30. The number of furan rings is 1. The molecule has 7 heteroatoms. The molecule has 0 fully saturated rings. The number of hydrogen-bond acceptors (Lipinski definition) is 5. The van der Waals surface area contributed by atoms with Crippen molar-refractivity contribution in [2.45, 2.75) is 6.42 Å². The van der Waals surface area contributed by atoms with Crippen LogP contribution >= 0.6 is 0 Å². The largest absolute Gasteiger partial charge is 0.490 e. The van der Waals surface area contributed by atoms with Gasteiger partial charge in [-0.05, 0) is 30.3 Å². The third-order valence-corrected chi connectivity index (χ3v) is 3.45. The van der Waals surface area contributed by atoms with Gasteiger partial charge in [-0.3, -0.25) is 9.59 Å². The molecule has 24 heavy (non-hydrogen) atoms. The van der Waals surface area contributed by atoms with Crippen molar-refractivity contribution in [1.82, 2.24) is 10.6 Å². The maximum absolute atomic E-state index is 12.2. The third-order valence-electron chi connectivity index (χ3n) is 3.45. The molecule has 3 rings (SSSR count). The molecule has 7 nitrogen and oxygen atoms in total. The van der Waals surface area contributed by atoms with Gasteiger partial charge in [0.25, 0.3) is 11.8 Å². The summed E-state index contributed by atoms with van der Waals surface area (Å²) in [5, 5.41) is 5.40. The second-order valence-corrected chi connectivity index (χ2v) is 5.20. The molecule has 2 aromatic rings. The van der Waals surface area contributed by atoms with Crippen molar-refractivity contribution in [2.75, 3.05) is 26.3 Å². The molecule has 126 valence electrons. The average molecular weight is 330 g/mol. The minimum Gasteiger partial charge on any atom is -0.490 e. The molecular weight excluding hydrogens is 312 g/mol. The van der Waals surface area contributed by atoms with Crippen LogP contribution in [0.5, 0.6) is 11.5 Å². The SMILES string of the molecule is O=C(NCCNC(=O)c1ccco1)c1ccc2c(c1)OCCCO2. The summed E-state index contributed by atoms with van der Waals surface area (Å²) in [6, 6.07) is 8.29. The van der Waals surface area contributed by atoms with E-state index in [9.17, 15) is 9.59 Å². The van der Waals surface area contributed by atoms with Crippen molar-refractivity contribution in [1.29, 1.82) is 0 Å². The second kappa shape index (κ2) is 7.54. The van der Waals surface area contributed by atoms with E-state index in [0.29, 0.717) is 43.4 Å². The highest BCUT2D eigenvalue weighted by atomic mass is 16.5. The van der Waals surface area contributed by atoms with Crippen LogP contribution in [0.2, 0.25) is 0 Å². The Labute approximate surface area is 138 Å². The van der Waals surface area contributed by atoms with E-state index in [1.807, 2.05) is 0 Å². The Bertz CT molecular complexity index is 712. The predicted octanol–water partition coefficient (Wildman–Crippen LogP) is 1.60. The first-order valence-corrected chi connectivity index (χ1v) is 7.73. The minimum atomic E-state index is -0.315. The Hall–Kier alpha value is -2.96. The van der Waals surface area contributed by atoms with Gasteiger partial charge in [0.1, 0.15) is 0 Å². The molecule has 0 unspecified atom stereocenters. The van der Waals surface area contributed by atoms with Crippen molar-refractivity contribution in [3.05, 3.63) is 47.9 Å². The fraction of sp³-hybridized carbons (Fsp3) is 0.294. The number of benzene rings is 1. The highest BCUT2D eigenvalue weighted by molar-refractivity contribution is 5.95. The van der Waals surface area contributed by atoms with Gasteiger partial charge in [-0.2, -0.15) is 0 Å². The van der Waals surface area contributed by atoms with Gasteiger partial charge < -0.3 is 24.5 Å². The number of carbonyl (C=O) groups excluding carboxylic acids is 2. The second-order valence-electron chi connectivity index (χ2n) is 5.20. The molecule has 0 spiro atoms. The highest BCUT2D eigenvalue weighted by Gasteiger charge is 2.14. The monoisotopic (exact) mass is 330 g/mol. The standard InChI is InChI=1S/C17H18N2O5/c20-16(18-6-7-19-17(21)14-3-1-8-23-14)12-4-5-13-15(11-12)24-10-2-9-22-13/h1,3-5,8,11H,2,6-7,9-10H2,(H,18,20)(H,19,21). The van der Waals surface area contributed by atoms with E-state index < -0.39 is 0 Å². The van der Waals surface area contributed by atoms with Gasteiger partial charge in [0.15, 0.2) is 17.3 Å². The van der Waals surface area contributed by atoms with E-state index in [0.717, 1.165) is 6.42 Å². The molecule has 0 saturated carbocycles. The number of carbonyl (C=O) groups is 2. The van der Waals surface area contributed by atoms with Crippen LogP contribution < -0.4 is 20.1 Å². The van der Waals surface area contributed by atoms with Gasteiger partial charge in [-0.25, -0.2) is 0 Å². The van der Waals surface area contributed by atoms with E-state index in [2.05, 4.69) is 10.6 Å². The lowest BCUT2D eigenvalue weighted by molar-refractivity contribution is 0.0910. The summed E-state index contributed by atoms with van der Waals surface area (Å²) in [6.45, 7) is 1.78. The molecule has 0 radical (unpaired) electrons. The van der Waals surface area contributed by atoms with Crippen LogP contribution in [0.15, 0.2) is 41.0 Å². The lowest BCUT2D eigenvalue weighted by atomic mass is 10.2. The van der Waals surface area contributed by atoms with Gasteiger partial charge in [0.05, 0.1) is 19.5 Å². The predicted molar refractivity (Wildman–Crippen MR) is 85.4 cm³/mol. The average Bonchev–Trinajstić information content (AvgIpc) is 3.03. The van der Waals surface area contributed by atoms with Crippen LogP contribution in [0.4, 0.5) is 0 Å². The molecule has 1 aromatic heterocycles. The summed E-state index contributed by atoms with van der Waals surface area (Å²) in [4.78, 5) is 23.8. The van der Waals surface area contributed by atoms with Crippen LogP contribution in [-0.4, -0.2) is 38.1 Å². The molecule has 2 N–H and O–H groups in total. The quantitative estimate of drug-likeness (QED) is 0.813. The van der Waals surface area contributed by atoms with Crippen molar-refractivity contribution >= 4 is 11.8 Å². The van der Waals surface area contributed by atoms with Crippen molar-refractivity contribution < 1.29 is 23.5 Å². The van der Waals surface area contributed by atoms with Crippen LogP contribution in [0, 0.1) is 0 Å². The molecule has 2 heterocycles. The third kappa shape index (κ3) is 3.87. The molecule has 2 amide bonds. The summed E-state index contributed by atoms with van der Waals surface area (Å²) < 4.78 is 16.1. The molecule has 1 aliphatic rings. The minimum absolute atomic E-state index is 0.238. The Balaban J connectivity index is 1.48. The van der Waals surface area contributed by atoms with Crippen LogP contribution in [0.25, 0.3) is 0 Å². The van der Waals surface area contributed by atoms with Gasteiger partial charge in [-0.1, -0.05) is 0 Å². The number of amides is 2. The molecule has 0 atom stereocenters. The Morgan fingerprint density at radius 1 is 0.958 bits per heavy atom. The van der Waals surface area contributed by atoms with Crippen molar-refractivity contribution in [3.8, 4) is 11.5 Å². The topological polar surface area (TPSA) is 89.8 Å². The number of rotatable bonds is 5. The zero-order valence-electron chi connectivity index (χ0n) is 13.0. The fourth-order valence-electron chi connectivity index (χ4n) is 2.25. The van der Waals surface area contributed by atoms with Crippen molar-refractivity contribution in [3.63, 3.8) is 0 Å². The van der Waals surface area contributed by atoms with E-state index in [-0.39, 0.29) is 17.6 Å². The normalized spacial score (nSPS) is 13.0. The van der Waals surface area contributed by atoms with Crippen LogP contribution in [0.3, 0.4) is 0 Å². The molecule has 1 aromatic carbocycles. The van der Waals surface area contributed by atoms with Gasteiger partial charge >= 0.3 is 0 Å². The number of fused-ring (bicyclic) bond motifs is 1. The smallest absolute Gasteiger partial charge is 0.287 e. The Morgan fingerprint density at radius 2 is 1.71 bits per heavy atom. The summed E-state index contributed by atoms with van der Waals surface area (Å²) in [7, 11) is 0. The zero-order chi connectivity index (χ0) is 16.8. The molecule has 0 aliphatic carbocycles. The first-order chi connectivity index (χ1) is 11.7. The number of hydrogen-bond donors (Lipinski definition) is 2. The van der Waals surface area contributed by atoms with E-state index >= 15 is 0 Å². The molecule has 0 saturated heterocycles. The van der Waals surface area contributed by atoms with Crippen LogP contribution in [-0.2, 0) is 0 Å². The van der Waals surface area contributed by atoms with Crippen molar-refractivity contribution in [2.24, 2.45) is 0 Å². The summed E-state index contributed by atoms with van der Waals surface area (Å²) in [6.07, 6.45) is 2.24. The Morgan fingerprint density at radius 3 is 2.46 bits per heavy atom. The van der Waals surface area contributed by atoms with Crippen LogP contribution in [0.1, 0.15) is 27.3 Å². The molecule has 1 aliphatic heterocycles. The van der Waals surface area contributed by atoms with Gasteiger partial charge in [-0.15, -0.1) is 0 Å². The van der Waals surface area contributed by atoms with E-state index in [1.54, 1.807) is 30.3 Å². The first kappa shape index (κ1) is 15.9.